The summed E-state index contributed by atoms with van der Waals surface area (Å²) in [4.78, 5) is 11.3. The molecular weight excluding hydrogens is 152 g/mol. The number of methoxy groups -OCH3 is 1. The molecule has 0 amide bonds. The van der Waals surface area contributed by atoms with Gasteiger partial charge in [-0.15, -0.1) is 0 Å². The zero-order chi connectivity index (χ0) is 9.14. The summed E-state index contributed by atoms with van der Waals surface area (Å²) >= 11 is 0. The van der Waals surface area contributed by atoms with Crippen LogP contribution in [0.25, 0.3) is 0 Å². The maximum Gasteiger partial charge on any atom is 0.162 e. The van der Waals surface area contributed by atoms with E-state index in [1.54, 1.807) is 7.11 Å². The minimum atomic E-state index is 0.217. The van der Waals surface area contributed by atoms with Crippen molar-refractivity contribution in [2.45, 2.75) is 26.2 Å². The van der Waals surface area contributed by atoms with Gasteiger partial charge in [0.25, 0.3) is 0 Å². The molecule has 0 spiro atoms. The Morgan fingerprint density at radius 3 is 2.75 bits per heavy atom. The van der Waals surface area contributed by atoms with Gasteiger partial charge in [0.2, 0.25) is 0 Å². The normalized spacial score (nSPS) is 17.0. The highest BCUT2D eigenvalue weighted by Gasteiger charge is 2.23. The molecular formula is C10H14O2. The fraction of sp³-hybridized carbons (Fsp3) is 0.500. The molecule has 0 saturated carbocycles. The largest absolute Gasteiger partial charge is 0.501 e. The molecule has 0 saturated heterocycles. The molecule has 0 atom stereocenters. The molecule has 0 N–H and O–H groups in total. The molecule has 0 aromatic heterocycles. The predicted octanol–water partition coefficient (Wildman–Crippen LogP) is 2.22. The van der Waals surface area contributed by atoms with Gasteiger partial charge in [0.1, 0.15) is 5.76 Å². The zero-order valence-corrected chi connectivity index (χ0v) is 7.64. The summed E-state index contributed by atoms with van der Waals surface area (Å²) in [5.41, 5.74) is 1.83. The molecule has 0 aromatic carbocycles. The third kappa shape index (κ3) is 1.76. The second kappa shape index (κ2) is 3.57. The lowest BCUT2D eigenvalue weighted by atomic mass is 10.1. The third-order valence-electron chi connectivity index (χ3n) is 1.98. The van der Waals surface area contributed by atoms with Crippen LogP contribution in [-0.4, -0.2) is 12.9 Å². The predicted molar refractivity (Wildman–Crippen MR) is 47.7 cm³/mol. The molecule has 1 aliphatic rings. The summed E-state index contributed by atoms with van der Waals surface area (Å²) in [5, 5.41) is 0. The van der Waals surface area contributed by atoms with Crippen LogP contribution in [0.1, 0.15) is 26.2 Å². The second-order valence-electron chi connectivity index (χ2n) is 3.16. The van der Waals surface area contributed by atoms with Gasteiger partial charge in [-0.25, -0.2) is 0 Å². The summed E-state index contributed by atoms with van der Waals surface area (Å²) in [6, 6.07) is 0. The molecule has 0 heterocycles. The number of ketones is 1. The standard InChI is InChI=1S/C10H14O2/c1-7(2)6-8-9(11)4-5-10(8)12-3/h1,4-6H2,2-3H3. The first-order chi connectivity index (χ1) is 5.65. The number of hydrogen-bond donors (Lipinski definition) is 0. The fourth-order valence-corrected chi connectivity index (χ4v) is 1.41. The highest BCUT2D eigenvalue weighted by molar-refractivity contribution is 5.98. The molecule has 12 heavy (non-hydrogen) atoms. The van der Waals surface area contributed by atoms with Crippen molar-refractivity contribution in [2.24, 2.45) is 0 Å². The maximum absolute atomic E-state index is 11.3. The SMILES string of the molecule is C=C(C)CC1=C(OC)CCC1=O. The Balaban J connectivity index is 2.80. The van der Waals surface area contributed by atoms with E-state index in [1.807, 2.05) is 6.92 Å². The van der Waals surface area contributed by atoms with Crippen LogP contribution in [0.3, 0.4) is 0 Å². The topological polar surface area (TPSA) is 26.3 Å². The first-order valence-electron chi connectivity index (χ1n) is 4.08. The Morgan fingerprint density at radius 2 is 2.25 bits per heavy atom. The molecule has 0 aliphatic heterocycles. The van der Waals surface area contributed by atoms with Crippen LogP contribution in [0.2, 0.25) is 0 Å². The van der Waals surface area contributed by atoms with Crippen LogP contribution in [-0.2, 0) is 9.53 Å². The molecule has 0 bridgehead atoms. The van der Waals surface area contributed by atoms with Gasteiger partial charge in [0.05, 0.1) is 7.11 Å². The van der Waals surface area contributed by atoms with Gasteiger partial charge >= 0.3 is 0 Å². The molecule has 66 valence electrons. The van der Waals surface area contributed by atoms with Crippen LogP contribution >= 0.6 is 0 Å². The molecule has 1 aliphatic carbocycles. The Bertz CT molecular complexity index is 249. The van der Waals surface area contributed by atoms with Crippen molar-refractivity contribution in [1.82, 2.24) is 0 Å². The number of ether oxygens (including phenoxy) is 1. The van der Waals surface area contributed by atoms with E-state index >= 15 is 0 Å². The smallest absolute Gasteiger partial charge is 0.162 e. The van der Waals surface area contributed by atoms with Crippen LogP contribution < -0.4 is 0 Å². The average molecular weight is 166 g/mol. The quantitative estimate of drug-likeness (QED) is 0.601. The molecule has 0 aromatic rings. The van der Waals surface area contributed by atoms with Gasteiger partial charge in [0.15, 0.2) is 5.78 Å². The van der Waals surface area contributed by atoms with Crippen molar-refractivity contribution in [3.8, 4) is 0 Å². The van der Waals surface area contributed by atoms with E-state index in [0.29, 0.717) is 12.8 Å². The van der Waals surface area contributed by atoms with Gasteiger partial charge in [-0.05, 0) is 13.3 Å². The summed E-state index contributed by atoms with van der Waals surface area (Å²) in [7, 11) is 1.62. The molecule has 1 rings (SSSR count). The number of Topliss-reactive ketones (excluding diaryl/α,β-unsaturated/α-hetero) is 1. The van der Waals surface area contributed by atoms with Gasteiger partial charge in [0, 0.05) is 18.4 Å². The highest BCUT2D eigenvalue weighted by Crippen LogP contribution is 2.27. The Morgan fingerprint density at radius 1 is 1.58 bits per heavy atom. The zero-order valence-electron chi connectivity index (χ0n) is 7.64. The van der Waals surface area contributed by atoms with Crippen LogP contribution in [0.4, 0.5) is 0 Å². The number of carbonyl (C=O) groups is 1. The maximum atomic E-state index is 11.3. The number of allylic oxidation sites excluding steroid dienone is 3. The van der Waals surface area contributed by atoms with E-state index in [0.717, 1.165) is 23.3 Å². The number of rotatable bonds is 3. The first kappa shape index (κ1) is 9.04. The van der Waals surface area contributed by atoms with Crippen molar-refractivity contribution < 1.29 is 9.53 Å². The minimum Gasteiger partial charge on any atom is -0.501 e. The van der Waals surface area contributed by atoms with Crippen LogP contribution in [0.5, 0.6) is 0 Å². The molecule has 0 unspecified atom stereocenters. The first-order valence-corrected chi connectivity index (χ1v) is 4.08. The molecule has 0 radical (unpaired) electrons. The van der Waals surface area contributed by atoms with Gasteiger partial charge < -0.3 is 4.74 Å². The van der Waals surface area contributed by atoms with Gasteiger partial charge in [-0.1, -0.05) is 12.2 Å². The van der Waals surface area contributed by atoms with Crippen molar-refractivity contribution in [1.29, 1.82) is 0 Å². The average Bonchev–Trinajstić information content (AvgIpc) is 2.32. The summed E-state index contributed by atoms with van der Waals surface area (Å²) in [5.74, 6) is 1.07. The molecule has 2 heteroatoms. The summed E-state index contributed by atoms with van der Waals surface area (Å²) in [6.45, 7) is 5.70. The van der Waals surface area contributed by atoms with Gasteiger partial charge in [-0.3, -0.25) is 4.79 Å². The number of carbonyl (C=O) groups excluding carboxylic acids is 1. The number of hydrogen-bond acceptors (Lipinski definition) is 2. The molecule has 2 nitrogen and oxygen atoms in total. The van der Waals surface area contributed by atoms with E-state index < -0.39 is 0 Å². The van der Waals surface area contributed by atoms with Crippen molar-refractivity contribution in [3.63, 3.8) is 0 Å². The monoisotopic (exact) mass is 166 g/mol. The van der Waals surface area contributed by atoms with Gasteiger partial charge in [-0.2, -0.15) is 0 Å². The fourth-order valence-electron chi connectivity index (χ4n) is 1.41. The lowest BCUT2D eigenvalue weighted by molar-refractivity contribution is -0.115. The van der Waals surface area contributed by atoms with Crippen LogP contribution in [0.15, 0.2) is 23.5 Å². The molecule has 0 fully saturated rings. The lowest BCUT2D eigenvalue weighted by Gasteiger charge is -2.03. The third-order valence-corrected chi connectivity index (χ3v) is 1.98. The van der Waals surface area contributed by atoms with Crippen molar-refractivity contribution in [2.75, 3.05) is 7.11 Å². The second-order valence-corrected chi connectivity index (χ2v) is 3.16. The van der Waals surface area contributed by atoms with Crippen molar-refractivity contribution in [3.05, 3.63) is 23.5 Å². The van der Waals surface area contributed by atoms with Crippen molar-refractivity contribution >= 4 is 5.78 Å². The van der Waals surface area contributed by atoms with E-state index in [2.05, 4.69) is 6.58 Å². The summed E-state index contributed by atoms with van der Waals surface area (Å²) < 4.78 is 5.11. The van der Waals surface area contributed by atoms with E-state index in [1.165, 1.54) is 0 Å². The van der Waals surface area contributed by atoms with E-state index in [-0.39, 0.29) is 5.78 Å². The van der Waals surface area contributed by atoms with E-state index in [4.69, 9.17) is 4.74 Å². The minimum absolute atomic E-state index is 0.217. The Kier molecular flexibility index (Phi) is 2.69. The lowest BCUT2D eigenvalue weighted by Crippen LogP contribution is -1.97. The Hall–Kier alpha value is -1.05. The van der Waals surface area contributed by atoms with Crippen LogP contribution in [0, 0.1) is 0 Å². The highest BCUT2D eigenvalue weighted by atomic mass is 16.5. The summed E-state index contributed by atoms with van der Waals surface area (Å²) in [6.07, 6.45) is 2.03. The van der Waals surface area contributed by atoms with E-state index in [9.17, 15) is 4.79 Å². The Labute approximate surface area is 72.9 Å².